The van der Waals surface area contributed by atoms with Crippen molar-refractivity contribution in [2.75, 3.05) is 13.2 Å². The molecule has 79 heavy (non-hydrogen) atoms. The molecule has 0 aliphatic rings. The third-order valence-electron chi connectivity index (χ3n) is 16.1. The average Bonchev–Trinajstić information content (AvgIpc) is 3.45. The summed E-state index contributed by atoms with van der Waals surface area (Å²) in [6, 6.07) is 0. The Bertz CT molecular complexity index is 1320. The number of esters is 3. The minimum Gasteiger partial charge on any atom is -0.462 e. The smallest absolute Gasteiger partial charge is 0.306 e. The predicted molar refractivity (Wildman–Crippen MR) is 344 cm³/mol. The fourth-order valence-electron chi connectivity index (χ4n) is 10.8. The van der Waals surface area contributed by atoms with Gasteiger partial charge in [-0.1, -0.05) is 333 Å². The lowest BCUT2D eigenvalue weighted by atomic mass is 10.0. The molecule has 0 saturated heterocycles. The van der Waals surface area contributed by atoms with Gasteiger partial charge in [0, 0.05) is 19.3 Å². The van der Waals surface area contributed by atoms with E-state index in [-0.39, 0.29) is 31.1 Å². The van der Waals surface area contributed by atoms with E-state index in [1.165, 1.54) is 283 Å². The number of ether oxygens (including phenoxy) is 3. The zero-order valence-corrected chi connectivity index (χ0v) is 53.4. The monoisotopic (exact) mass is 1110 g/mol. The van der Waals surface area contributed by atoms with Crippen LogP contribution in [0.4, 0.5) is 0 Å². The Morgan fingerprint density at radius 1 is 0.253 bits per heavy atom. The zero-order valence-electron chi connectivity index (χ0n) is 53.4. The second kappa shape index (κ2) is 68.1. The quantitative estimate of drug-likeness (QED) is 0.0261. The molecule has 6 nitrogen and oxygen atoms in total. The van der Waals surface area contributed by atoms with E-state index in [1.54, 1.807) is 0 Å². The van der Waals surface area contributed by atoms with Crippen LogP contribution in [0, 0.1) is 0 Å². The summed E-state index contributed by atoms with van der Waals surface area (Å²) in [7, 11) is 0. The van der Waals surface area contributed by atoms with Gasteiger partial charge in [-0.05, 0) is 77.0 Å². The first-order valence-corrected chi connectivity index (χ1v) is 35.5. The minimum atomic E-state index is -0.771. The van der Waals surface area contributed by atoms with Crippen LogP contribution in [-0.4, -0.2) is 37.2 Å². The Hall–Kier alpha value is -2.37. The molecule has 0 aliphatic heterocycles. The number of allylic oxidation sites excluding steroid dienone is 6. The van der Waals surface area contributed by atoms with Crippen molar-refractivity contribution in [3.05, 3.63) is 36.5 Å². The molecule has 0 amide bonds. The highest BCUT2D eigenvalue weighted by Gasteiger charge is 2.19. The van der Waals surface area contributed by atoms with Crippen LogP contribution in [-0.2, 0) is 28.6 Å². The van der Waals surface area contributed by atoms with E-state index >= 15 is 0 Å². The zero-order chi connectivity index (χ0) is 57.1. The van der Waals surface area contributed by atoms with E-state index in [4.69, 9.17) is 14.2 Å². The summed E-state index contributed by atoms with van der Waals surface area (Å²) in [6.45, 7) is 6.67. The van der Waals surface area contributed by atoms with Gasteiger partial charge >= 0.3 is 17.9 Å². The Morgan fingerprint density at radius 2 is 0.456 bits per heavy atom. The molecule has 0 aromatic carbocycles. The molecule has 0 fully saturated rings. The van der Waals surface area contributed by atoms with Gasteiger partial charge in [0.2, 0.25) is 0 Å². The van der Waals surface area contributed by atoms with Gasteiger partial charge in [-0.2, -0.15) is 0 Å². The van der Waals surface area contributed by atoms with E-state index in [1.807, 2.05) is 0 Å². The lowest BCUT2D eigenvalue weighted by Gasteiger charge is -2.18. The highest BCUT2D eigenvalue weighted by molar-refractivity contribution is 5.71. The van der Waals surface area contributed by atoms with Crippen molar-refractivity contribution in [2.24, 2.45) is 0 Å². The molecule has 0 heterocycles. The number of rotatable bonds is 66. The third-order valence-corrected chi connectivity index (χ3v) is 16.1. The number of carbonyl (C=O) groups excluding carboxylic acids is 3. The van der Waals surface area contributed by atoms with E-state index in [0.717, 1.165) is 70.6 Å². The van der Waals surface area contributed by atoms with Gasteiger partial charge < -0.3 is 14.2 Å². The van der Waals surface area contributed by atoms with Crippen molar-refractivity contribution in [3.63, 3.8) is 0 Å². The number of carbonyl (C=O) groups is 3. The van der Waals surface area contributed by atoms with Crippen molar-refractivity contribution < 1.29 is 28.6 Å². The van der Waals surface area contributed by atoms with E-state index in [2.05, 4.69) is 57.2 Å². The molecule has 6 heteroatoms. The van der Waals surface area contributed by atoms with Crippen LogP contribution in [0.1, 0.15) is 393 Å². The molecule has 0 aromatic rings. The van der Waals surface area contributed by atoms with Crippen molar-refractivity contribution in [1.29, 1.82) is 0 Å². The molecule has 1 atom stereocenters. The fraction of sp³-hybridized carbons (Fsp3) is 0.877. The van der Waals surface area contributed by atoms with Crippen LogP contribution in [0.3, 0.4) is 0 Å². The molecule has 464 valence electrons. The van der Waals surface area contributed by atoms with Gasteiger partial charge in [0.15, 0.2) is 6.10 Å². The van der Waals surface area contributed by atoms with Crippen LogP contribution < -0.4 is 0 Å². The summed E-state index contributed by atoms with van der Waals surface area (Å²) >= 11 is 0. The first-order chi connectivity index (χ1) is 39.0. The molecule has 1 unspecified atom stereocenters. The van der Waals surface area contributed by atoms with Gasteiger partial charge in [0.05, 0.1) is 0 Å². The molecular weight excluding hydrogens is 973 g/mol. The standard InChI is InChI=1S/C73H136O6/c1-4-7-10-13-16-19-22-25-27-29-30-31-32-33-34-35-36-37-38-39-40-41-42-43-44-45-47-48-51-54-57-60-63-66-72(75)78-69-70(68-77-71(74)65-62-59-56-53-50-24-21-18-15-12-9-6-3)79-73(76)67-64-61-58-55-52-49-46-28-26-23-20-17-14-11-8-5-2/h18,21-22,25,29-30,70H,4-17,19-20,23-24,26-28,31-69H2,1-3H3/b21-18-,25-22-,30-29-. The Morgan fingerprint density at radius 3 is 0.734 bits per heavy atom. The molecule has 0 saturated carbocycles. The Balaban J connectivity index is 4.07. The van der Waals surface area contributed by atoms with Crippen molar-refractivity contribution in [2.45, 2.75) is 399 Å². The molecule has 0 N–H and O–H groups in total. The minimum absolute atomic E-state index is 0.0684. The SMILES string of the molecule is CCCCC/C=C\CCCCCCCC(=O)OCC(COC(=O)CCCCCCCCCCCCCCCCCCCCCCC/C=C\C/C=C\CCCCCCC)OC(=O)CCCCCCCCCCCCCCCCCC. The molecule has 0 aliphatic carbocycles. The lowest BCUT2D eigenvalue weighted by Crippen LogP contribution is -2.30. The summed E-state index contributed by atoms with van der Waals surface area (Å²) in [5.41, 5.74) is 0. The van der Waals surface area contributed by atoms with Crippen LogP contribution in [0.2, 0.25) is 0 Å². The van der Waals surface area contributed by atoms with Gasteiger partial charge in [0.25, 0.3) is 0 Å². The normalized spacial score (nSPS) is 12.2. The molecule has 0 radical (unpaired) electrons. The maximum atomic E-state index is 12.9. The summed E-state index contributed by atoms with van der Waals surface area (Å²) in [5, 5.41) is 0. The average molecular weight is 1110 g/mol. The first kappa shape index (κ1) is 76.6. The van der Waals surface area contributed by atoms with Gasteiger partial charge in [-0.3, -0.25) is 14.4 Å². The largest absolute Gasteiger partial charge is 0.462 e. The highest BCUT2D eigenvalue weighted by Crippen LogP contribution is 2.18. The predicted octanol–water partition coefficient (Wildman–Crippen LogP) is 24.3. The van der Waals surface area contributed by atoms with Crippen molar-refractivity contribution in [3.8, 4) is 0 Å². The van der Waals surface area contributed by atoms with Gasteiger partial charge in [-0.25, -0.2) is 0 Å². The second-order valence-electron chi connectivity index (χ2n) is 24.1. The Kier molecular flexibility index (Phi) is 66.1. The number of hydrogen-bond acceptors (Lipinski definition) is 6. The van der Waals surface area contributed by atoms with E-state index in [9.17, 15) is 14.4 Å². The molecule has 0 spiro atoms. The lowest BCUT2D eigenvalue weighted by molar-refractivity contribution is -0.167. The topological polar surface area (TPSA) is 78.9 Å². The maximum absolute atomic E-state index is 12.9. The van der Waals surface area contributed by atoms with Crippen LogP contribution in [0.15, 0.2) is 36.5 Å². The Labute approximate surface area is 493 Å². The van der Waals surface area contributed by atoms with Gasteiger partial charge in [-0.15, -0.1) is 0 Å². The van der Waals surface area contributed by atoms with Crippen LogP contribution in [0.25, 0.3) is 0 Å². The number of hydrogen-bond donors (Lipinski definition) is 0. The second-order valence-corrected chi connectivity index (χ2v) is 24.1. The molecular formula is C73H136O6. The third kappa shape index (κ3) is 66.3. The van der Waals surface area contributed by atoms with Crippen molar-refractivity contribution >= 4 is 17.9 Å². The summed E-state index contributed by atoms with van der Waals surface area (Å²) in [4.78, 5) is 38.3. The summed E-state index contributed by atoms with van der Waals surface area (Å²) < 4.78 is 16.9. The van der Waals surface area contributed by atoms with E-state index < -0.39 is 6.10 Å². The fourth-order valence-corrected chi connectivity index (χ4v) is 10.8. The van der Waals surface area contributed by atoms with Crippen molar-refractivity contribution in [1.82, 2.24) is 0 Å². The highest BCUT2D eigenvalue weighted by atomic mass is 16.6. The van der Waals surface area contributed by atoms with Crippen LogP contribution in [0.5, 0.6) is 0 Å². The van der Waals surface area contributed by atoms with Gasteiger partial charge in [0.1, 0.15) is 13.2 Å². The van der Waals surface area contributed by atoms with E-state index in [0.29, 0.717) is 19.3 Å². The maximum Gasteiger partial charge on any atom is 0.306 e. The first-order valence-electron chi connectivity index (χ1n) is 35.5. The molecule has 0 rings (SSSR count). The summed E-state index contributed by atoms with van der Waals surface area (Å²) in [5.74, 6) is -0.850. The van der Waals surface area contributed by atoms with Crippen LogP contribution >= 0.6 is 0 Å². The molecule has 0 bridgehead atoms. The number of unbranched alkanes of at least 4 members (excludes halogenated alkanes) is 49. The summed E-state index contributed by atoms with van der Waals surface area (Å²) in [6.07, 6.45) is 84.8. The molecule has 0 aromatic heterocycles.